The van der Waals surface area contributed by atoms with E-state index >= 15 is 0 Å². The summed E-state index contributed by atoms with van der Waals surface area (Å²) >= 11 is 0. The summed E-state index contributed by atoms with van der Waals surface area (Å²) in [6.45, 7) is 3.61. The normalized spacial score (nSPS) is 25.6. The van der Waals surface area contributed by atoms with Crippen LogP contribution in [0.5, 0.6) is 0 Å². The number of nitrogens with one attached hydrogen (secondary N) is 7. The molecule has 66 heavy (non-hydrogen) atoms. The van der Waals surface area contributed by atoms with E-state index in [2.05, 4.69) is 37.2 Å². The van der Waals surface area contributed by atoms with Crippen LogP contribution in [-0.4, -0.2) is 200 Å². The Hall–Kier alpha value is -3.66. The Bertz CT molecular complexity index is 1440. The number of hydrogen-bond donors (Lipinski definition) is 13. The van der Waals surface area contributed by atoms with Gasteiger partial charge in [-0.1, -0.05) is 12.8 Å². The van der Waals surface area contributed by atoms with Gasteiger partial charge in [-0.15, -0.1) is 0 Å². The van der Waals surface area contributed by atoms with E-state index in [1.807, 2.05) is 0 Å². The molecule has 2 rings (SSSR count). The topological polar surface area (TPSA) is 354 Å². The highest BCUT2D eigenvalue weighted by Crippen LogP contribution is 2.24. The van der Waals surface area contributed by atoms with Crippen LogP contribution in [0.4, 0.5) is 0 Å². The maximum atomic E-state index is 13.3. The van der Waals surface area contributed by atoms with Crippen molar-refractivity contribution < 1.29 is 83.1 Å². The lowest BCUT2D eigenvalue weighted by molar-refractivity contribution is -0.270. The summed E-state index contributed by atoms with van der Waals surface area (Å²) < 4.78 is 27.4. The molecule has 2 aliphatic rings. The number of aliphatic hydroxyl groups excluding tert-OH is 6. The van der Waals surface area contributed by atoms with Crippen LogP contribution in [-0.2, 0) is 52.5 Å². The number of methoxy groups -OCH3 is 1. The van der Waals surface area contributed by atoms with Crippen molar-refractivity contribution >= 4 is 35.4 Å². The van der Waals surface area contributed by atoms with Crippen molar-refractivity contribution in [2.45, 2.75) is 165 Å². The summed E-state index contributed by atoms with van der Waals surface area (Å²) in [5.74, 6) is -2.00. The van der Waals surface area contributed by atoms with Crippen LogP contribution in [0.1, 0.15) is 97.3 Å². The molecular formula is C42H77N7O17. The molecule has 0 spiro atoms. The molecule has 0 aromatic carbocycles. The summed E-state index contributed by atoms with van der Waals surface area (Å²) in [6, 6.07) is -2.99. The van der Waals surface area contributed by atoms with Crippen LogP contribution < -0.4 is 37.2 Å². The van der Waals surface area contributed by atoms with Crippen LogP contribution in [0.25, 0.3) is 0 Å². The van der Waals surface area contributed by atoms with Crippen LogP contribution in [0.3, 0.4) is 0 Å². The van der Waals surface area contributed by atoms with Gasteiger partial charge in [-0.05, 0) is 51.4 Å². The van der Waals surface area contributed by atoms with Gasteiger partial charge in [-0.3, -0.25) is 34.1 Å². The molecular weight excluding hydrogens is 874 g/mol. The van der Waals surface area contributed by atoms with Crippen LogP contribution in [0.15, 0.2) is 0 Å². The van der Waals surface area contributed by atoms with Gasteiger partial charge in [0.2, 0.25) is 35.4 Å². The molecule has 0 aromatic heterocycles. The summed E-state index contributed by atoms with van der Waals surface area (Å²) in [7, 11) is 1.59. The zero-order chi connectivity index (χ0) is 48.9. The summed E-state index contributed by atoms with van der Waals surface area (Å²) in [6.07, 6.45) is -4.74. The third kappa shape index (κ3) is 22.9. The van der Waals surface area contributed by atoms with Gasteiger partial charge < -0.3 is 86.2 Å². The molecule has 2 aliphatic heterocycles. The molecule has 2 fully saturated rings. The van der Waals surface area contributed by atoms with E-state index in [4.69, 9.17) is 23.7 Å². The van der Waals surface area contributed by atoms with Crippen LogP contribution in [0.2, 0.25) is 0 Å². The summed E-state index contributed by atoms with van der Waals surface area (Å²) in [5, 5.41) is 79.6. The standard InChI is InChI=1S/C42H77N7O17/c1-26(52)47-34-38(59)36(57)29(23-50)65-41(34)63-20-11-5-7-15-33(56)49-28(40(61)45-18-9-4-6-14-32(55)46-25-43-19-22-62-3)13-8-10-17-44-31(54)16-12-21-64-42-35(48-27(2)53)39(60)37(58)30(24-51)66-42/h28-30,34-39,41-43,50-51,57-60H,4-25H2,1-3H3,(H,44,54)(H,45,61)(H,46,55)(H,47,52)(H,48,53)(H,49,56). The molecule has 24 nitrogen and oxygen atoms in total. The predicted molar refractivity (Wildman–Crippen MR) is 233 cm³/mol. The maximum absolute atomic E-state index is 13.3. The summed E-state index contributed by atoms with van der Waals surface area (Å²) in [5.41, 5.74) is 0. The van der Waals surface area contributed by atoms with Gasteiger partial charge in [0, 0.05) is 66.5 Å². The smallest absolute Gasteiger partial charge is 0.242 e. The van der Waals surface area contributed by atoms with E-state index in [0.29, 0.717) is 97.1 Å². The van der Waals surface area contributed by atoms with Gasteiger partial charge in [-0.2, -0.15) is 0 Å². The molecule has 11 unspecified atom stereocenters. The number of carbonyl (C=O) groups is 6. The second-order valence-corrected chi connectivity index (χ2v) is 16.4. The van der Waals surface area contributed by atoms with E-state index in [0.717, 1.165) is 0 Å². The molecule has 24 heteroatoms. The first-order valence-corrected chi connectivity index (χ1v) is 23.0. The van der Waals surface area contributed by atoms with Gasteiger partial charge in [0.1, 0.15) is 54.7 Å². The number of unbranched alkanes of at least 4 members (excludes halogenated alkanes) is 5. The van der Waals surface area contributed by atoms with E-state index < -0.39 is 92.4 Å². The maximum Gasteiger partial charge on any atom is 0.242 e. The molecule has 0 aliphatic carbocycles. The fraction of sp³-hybridized carbons (Fsp3) is 0.857. The molecule has 2 heterocycles. The predicted octanol–water partition coefficient (Wildman–Crippen LogP) is -3.99. The van der Waals surface area contributed by atoms with Crippen molar-refractivity contribution in [3.8, 4) is 0 Å². The first-order chi connectivity index (χ1) is 31.6. The third-order valence-electron chi connectivity index (χ3n) is 10.8. The second kappa shape index (κ2) is 33.8. The average molecular weight is 952 g/mol. The monoisotopic (exact) mass is 952 g/mol. The number of hydrogen-bond acceptors (Lipinski definition) is 18. The van der Waals surface area contributed by atoms with Crippen molar-refractivity contribution in [1.29, 1.82) is 0 Å². The lowest BCUT2D eigenvalue weighted by Crippen LogP contribution is -2.64. The Labute approximate surface area is 386 Å². The molecule has 11 atom stereocenters. The van der Waals surface area contributed by atoms with Gasteiger partial charge >= 0.3 is 0 Å². The Balaban J connectivity index is 1.80. The number of aliphatic hydroxyl groups is 6. The number of rotatable bonds is 34. The molecule has 0 aromatic rings. The fourth-order valence-electron chi connectivity index (χ4n) is 7.18. The Morgan fingerprint density at radius 3 is 1.62 bits per heavy atom. The molecule has 0 radical (unpaired) electrons. The molecule has 6 amide bonds. The van der Waals surface area contributed by atoms with Gasteiger partial charge in [0.05, 0.1) is 33.1 Å². The van der Waals surface area contributed by atoms with E-state index in [1.54, 1.807) is 7.11 Å². The lowest BCUT2D eigenvalue weighted by atomic mass is 9.97. The van der Waals surface area contributed by atoms with Gasteiger partial charge in [0.25, 0.3) is 0 Å². The average Bonchev–Trinajstić information content (AvgIpc) is 3.28. The minimum atomic E-state index is -1.45. The molecule has 0 saturated carbocycles. The van der Waals surface area contributed by atoms with E-state index in [-0.39, 0.29) is 56.1 Å². The first kappa shape index (κ1) is 58.5. The zero-order valence-corrected chi connectivity index (χ0v) is 38.6. The molecule has 382 valence electrons. The van der Waals surface area contributed by atoms with E-state index in [1.165, 1.54) is 13.8 Å². The number of carbonyl (C=O) groups excluding carboxylic acids is 6. The Kier molecular flexibility index (Phi) is 29.9. The molecule has 13 N–H and O–H groups in total. The van der Waals surface area contributed by atoms with Gasteiger partial charge in [-0.25, -0.2) is 0 Å². The number of ether oxygens (including phenoxy) is 5. The highest BCUT2D eigenvalue weighted by atomic mass is 16.7. The van der Waals surface area contributed by atoms with Crippen molar-refractivity contribution in [2.24, 2.45) is 0 Å². The van der Waals surface area contributed by atoms with Crippen molar-refractivity contribution in [3.63, 3.8) is 0 Å². The highest BCUT2D eigenvalue weighted by Gasteiger charge is 2.46. The van der Waals surface area contributed by atoms with E-state index in [9.17, 15) is 59.4 Å². The van der Waals surface area contributed by atoms with Gasteiger partial charge in [0.15, 0.2) is 12.6 Å². The van der Waals surface area contributed by atoms with Crippen molar-refractivity contribution in [2.75, 3.05) is 66.4 Å². The third-order valence-corrected chi connectivity index (χ3v) is 10.8. The minimum Gasteiger partial charge on any atom is -0.394 e. The van der Waals surface area contributed by atoms with Crippen LogP contribution >= 0.6 is 0 Å². The first-order valence-electron chi connectivity index (χ1n) is 23.0. The Morgan fingerprint density at radius 2 is 1.06 bits per heavy atom. The zero-order valence-electron chi connectivity index (χ0n) is 38.6. The minimum absolute atomic E-state index is 0.0144. The number of amides is 6. The quantitative estimate of drug-likeness (QED) is 0.0216. The molecule has 2 saturated heterocycles. The van der Waals surface area contributed by atoms with Crippen molar-refractivity contribution in [1.82, 2.24) is 37.2 Å². The fourth-order valence-corrected chi connectivity index (χ4v) is 7.18. The summed E-state index contributed by atoms with van der Waals surface area (Å²) in [4.78, 5) is 74.2. The van der Waals surface area contributed by atoms with Crippen molar-refractivity contribution in [3.05, 3.63) is 0 Å². The van der Waals surface area contributed by atoms with Crippen LogP contribution in [0, 0.1) is 0 Å². The SMILES string of the molecule is COCCNCNC(=O)CCCCCNC(=O)C(CCCCNC(=O)CCCOC1OC(CO)C(O)C(O)C1NC(C)=O)NC(=O)CCCCCOC1OC(CO)C(O)C(O)C1NC(C)=O. The molecule has 0 bridgehead atoms. The second-order valence-electron chi connectivity index (χ2n) is 16.4. The lowest BCUT2D eigenvalue weighted by Gasteiger charge is -2.42. The highest BCUT2D eigenvalue weighted by molar-refractivity contribution is 5.87. The Morgan fingerprint density at radius 1 is 0.561 bits per heavy atom. The largest absolute Gasteiger partial charge is 0.394 e.